The number of pyridine rings is 1. The SMILES string of the molecule is O=C(c1c[nH]c(=O)[nH]1)N1CCc2nc3ccccn3c(=O)c2C1. The predicted molar refractivity (Wildman–Crippen MR) is 81.3 cm³/mol. The molecule has 0 aliphatic carbocycles. The van der Waals surface area contributed by atoms with Crippen molar-refractivity contribution in [2.45, 2.75) is 13.0 Å². The zero-order valence-corrected chi connectivity index (χ0v) is 12.1. The Labute approximate surface area is 129 Å². The molecule has 8 heteroatoms. The third-order valence-corrected chi connectivity index (χ3v) is 3.99. The minimum Gasteiger partial charge on any atom is -0.332 e. The molecule has 2 N–H and O–H groups in total. The van der Waals surface area contributed by atoms with E-state index in [4.69, 9.17) is 0 Å². The molecule has 0 unspecified atom stereocenters. The van der Waals surface area contributed by atoms with Gasteiger partial charge in [0.1, 0.15) is 11.3 Å². The lowest BCUT2D eigenvalue weighted by Crippen LogP contribution is -2.40. The summed E-state index contributed by atoms with van der Waals surface area (Å²) in [6, 6.07) is 5.37. The molecule has 1 aliphatic rings. The predicted octanol–water partition coefficient (Wildman–Crippen LogP) is -0.0906. The number of aromatic nitrogens is 4. The fraction of sp³-hybridized carbons (Fsp3) is 0.200. The fourth-order valence-corrected chi connectivity index (χ4v) is 2.84. The number of nitrogens with one attached hydrogen (secondary N) is 2. The van der Waals surface area contributed by atoms with Crippen molar-refractivity contribution in [3.05, 3.63) is 68.4 Å². The van der Waals surface area contributed by atoms with Crippen LogP contribution in [-0.4, -0.2) is 36.7 Å². The average Bonchev–Trinajstić information content (AvgIpc) is 3.01. The first-order valence-electron chi connectivity index (χ1n) is 7.19. The highest BCUT2D eigenvalue weighted by molar-refractivity contribution is 5.92. The molecule has 3 aromatic heterocycles. The zero-order valence-electron chi connectivity index (χ0n) is 12.1. The van der Waals surface area contributed by atoms with Gasteiger partial charge in [0.2, 0.25) is 0 Å². The Balaban J connectivity index is 1.74. The van der Waals surface area contributed by atoms with Gasteiger partial charge in [0, 0.05) is 25.4 Å². The molecule has 0 radical (unpaired) electrons. The van der Waals surface area contributed by atoms with Gasteiger partial charge in [0.05, 0.1) is 17.8 Å². The molecule has 4 heterocycles. The zero-order chi connectivity index (χ0) is 16.0. The first-order chi connectivity index (χ1) is 11.1. The number of rotatable bonds is 1. The van der Waals surface area contributed by atoms with Crippen LogP contribution in [0.15, 0.2) is 40.2 Å². The maximum Gasteiger partial charge on any atom is 0.323 e. The number of hydrogen-bond acceptors (Lipinski definition) is 4. The van der Waals surface area contributed by atoms with Crippen LogP contribution < -0.4 is 11.2 Å². The standard InChI is InChI=1S/C15H13N5O3/c21-13-9-8-19(14(22)11-7-16-15(23)18-11)6-4-10(9)17-12-3-1-2-5-20(12)13/h1-3,5,7H,4,6,8H2,(H2,16,18,23). The van der Waals surface area contributed by atoms with Crippen LogP contribution in [0.4, 0.5) is 0 Å². The number of carbonyl (C=O) groups excluding carboxylic acids is 1. The van der Waals surface area contributed by atoms with Gasteiger partial charge in [-0.3, -0.25) is 14.0 Å². The maximum atomic E-state index is 12.6. The highest BCUT2D eigenvalue weighted by Gasteiger charge is 2.26. The van der Waals surface area contributed by atoms with E-state index in [-0.39, 0.29) is 23.7 Å². The monoisotopic (exact) mass is 311 g/mol. The molecule has 0 atom stereocenters. The molecule has 23 heavy (non-hydrogen) atoms. The average molecular weight is 311 g/mol. The second-order valence-electron chi connectivity index (χ2n) is 5.40. The lowest BCUT2D eigenvalue weighted by molar-refractivity contribution is 0.0727. The topological polar surface area (TPSA) is 103 Å². The molecule has 116 valence electrons. The van der Waals surface area contributed by atoms with Gasteiger partial charge >= 0.3 is 5.69 Å². The number of hydrogen-bond donors (Lipinski definition) is 2. The number of aromatic amines is 2. The number of amides is 1. The number of H-pyrrole nitrogens is 2. The van der Waals surface area contributed by atoms with Gasteiger partial charge in [-0.05, 0) is 12.1 Å². The second kappa shape index (κ2) is 4.94. The van der Waals surface area contributed by atoms with Crippen LogP contribution in [0.1, 0.15) is 21.7 Å². The summed E-state index contributed by atoms with van der Waals surface area (Å²) in [6.07, 6.45) is 3.51. The number of nitrogens with zero attached hydrogens (tertiary/aromatic N) is 3. The van der Waals surface area contributed by atoms with Crippen LogP contribution in [0, 0.1) is 0 Å². The van der Waals surface area contributed by atoms with Crippen LogP contribution >= 0.6 is 0 Å². The van der Waals surface area contributed by atoms with Crippen LogP contribution in [0.25, 0.3) is 5.65 Å². The van der Waals surface area contributed by atoms with Crippen LogP contribution in [0.2, 0.25) is 0 Å². The number of imidazole rings is 1. The molecule has 0 spiro atoms. The Bertz CT molecular complexity index is 1030. The van der Waals surface area contributed by atoms with E-state index in [1.807, 2.05) is 6.07 Å². The molecule has 0 bridgehead atoms. The minimum atomic E-state index is -0.432. The van der Waals surface area contributed by atoms with Gasteiger partial charge in [-0.15, -0.1) is 0 Å². The van der Waals surface area contributed by atoms with Crippen molar-refractivity contribution in [1.82, 2.24) is 24.3 Å². The number of fused-ring (bicyclic) bond motifs is 2. The summed E-state index contributed by atoms with van der Waals surface area (Å²) in [5, 5.41) is 0. The maximum absolute atomic E-state index is 12.6. The fourth-order valence-electron chi connectivity index (χ4n) is 2.84. The van der Waals surface area contributed by atoms with Gasteiger partial charge in [-0.1, -0.05) is 6.07 Å². The highest BCUT2D eigenvalue weighted by Crippen LogP contribution is 2.16. The first-order valence-corrected chi connectivity index (χ1v) is 7.19. The molecule has 8 nitrogen and oxygen atoms in total. The van der Waals surface area contributed by atoms with Crippen molar-refractivity contribution in [1.29, 1.82) is 0 Å². The van der Waals surface area contributed by atoms with Crippen molar-refractivity contribution >= 4 is 11.6 Å². The summed E-state index contributed by atoms with van der Waals surface area (Å²) in [4.78, 5) is 47.0. The smallest absolute Gasteiger partial charge is 0.323 e. The first kappa shape index (κ1) is 13.5. The molecule has 0 saturated carbocycles. The van der Waals surface area contributed by atoms with Gasteiger partial charge < -0.3 is 14.9 Å². The van der Waals surface area contributed by atoms with Gasteiger partial charge in [0.15, 0.2) is 0 Å². The van der Waals surface area contributed by atoms with E-state index in [1.54, 1.807) is 23.2 Å². The highest BCUT2D eigenvalue weighted by atomic mass is 16.2. The summed E-state index contributed by atoms with van der Waals surface area (Å²) in [5.41, 5.74) is 1.45. The summed E-state index contributed by atoms with van der Waals surface area (Å²) in [5.74, 6) is -0.313. The van der Waals surface area contributed by atoms with E-state index in [0.29, 0.717) is 24.2 Å². The van der Waals surface area contributed by atoms with Gasteiger partial charge in [-0.2, -0.15) is 0 Å². The molecule has 3 aromatic rings. The molecule has 1 amide bonds. The lowest BCUT2D eigenvalue weighted by Gasteiger charge is -2.27. The molecule has 0 saturated heterocycles. The summed E-state index contributed by atoms with van der Waals surface area (Å²) in [7, 11) is 0. The normalized spacial score (nSPS) is 14.0. The van der Waals surface area contributed by atoms with Crippen molar-refractivity contribution in [3.63, 3.8) is 0 Å². The third kappa shape index (κ3) is 2.15. The molecule has 0 fully saturated rings. The largest absolute Gasteiger partial charge is 0.332 e. The van der Waals surface area contributed by atoms with Crippen LogP contribution in [-0.2, 0) is 13.0 Å². The molecule has 0 aromatic carbocycles. The van der Waals surface area contributed by atoms with E-state index in [1.165, 1.54) is 10.6 Å². The number of carbonyl (C=O) groups is 1. The Hall–Kier alpha value is -3.16. The van der Waals surface area contributed by atoms with Gasteiger partial charge in [-0.25, -0.2) is 9.78 Å². The Morgan fingerprint density at radius 3 is 2.91 bits per heavy atom. The van der Waals surface area contributed by atoms with Gasteiger partial charge in [0.25, 0.3) is 11.5 Å². The lowest BCUT2D eigenvalue weighted by atomic mass is 10.1. The van der Waals surface area contributed by atoms with E-state index >= 15 is 0 Å². The molecule has 1 aliphatic heterocycles. The van der Waals surface area contributed by atoms with Crippen LogP contribution in [0.5, 0.6) is 0 Å². The van der Waals surface area contributed by atoms with Crippen molar-refractivity contribution in [2.24, 2.45) is 0 Å². The minimum absolute atomic E-state index is 0.161. The van der Waals surface area contributed by atoms with E-state index < -0.39 is 5.69 Å². The van der Waals surface area contributed by atoms with Crippen molar-refractivity contribution in [2.75, 3.05) is 6.54 Å². The van der Waals surface area contributed by atoms with E-state index in [0.717, 1.165) is 5.69 Å². The van der Waals surface area contributed by atoms with Crippen molar-refractivity contribution < 1.29 is 4.79 Å². The van der Waals surface area contributed by atoms with Crippen LogP contribution in [0.3, 0.4) is 0 Å². The summed E-state index contributed by atoms with van der Waals surface area (Å²) in [6.45, 7) is 0.638. The Morgan fingerprint density at radius 1 is 1.26 bits per heavy atom. The third-order valence-electron chi connectivity index (χ3n) is 3.99. The Kier molecular flexibility index (Phi) is 2.90. The summed E-state index contributed by atoms with van der Waals surface area (Å²) < 4.78 is 1.48. The van der Waals surface area contributed by atoms with E-state index in [9.17, 15) is 14.4 Å². The molecular weight excluding hydrogens is 298 g/mol. The second-order valence-corrected chi connectivity index (χ2v) is 5.40. The quantitative estimate of drug-likeness (QED) is 0.655. The van der Waals surface area contributed by atoms with Crippen molar-refractivity contribution in [3.8, 4) is 0 Å². The Morgan fingerprint density at radius 2 is 2.13 bits per heavy atom. The summed E-state index contributed by atoms with van der Waals surface area (Å²) >= 11 is 0. The molecular formula is C15H13N5O3. The molecule has 4 rings (SSSR count). The van der Waals surface area contributed by atoms with E-state index in [2.05, 4.69) is 15.0 Å².